The molecule has 3 amide bonds. The summed E-state index contributed by atoms with van der Waals surface area (Å²) < 4.78 is 261. The molecule has 730 valence electrons. The van der Waals surface area contributed by atoms with Gasteiger partial charge in [0.05, 0.1) is 67.7 Å². The number of hydrogen-bond acceptors (Lipinski definition) is 19. The van der Waals surface area contributed by atoms with Crippen LogP contribution in [-0.2, 0) is 62.0 Å². The predicted octanol–water partition coefficient (Wildman–Crippen LogP) is 19.0. The highest BCUT2D eigenvalue weighted by Crippen LogP contribution is 2.49. The van der Waals surface area contributed by atoms with Gasteiger partial charge in [-0.25, -0.2) is 49.5 Å². The van der Waals surface area contributed by atoms with Gasteiger partial charge in [0.25, 0.3) is 35.3 Å². The number of nitrogens with zero attached hydrogens (tertiary/aromatic N) is 6. The largest absolute Gasteiger partial charge is 0.496 e. The second-order valence-electron chi connectivity index (χ2n) is 32.6. The monoisotopic (exact) mass is 1970 g/mol. The Hall–Kier alpha value is -14.7. The third-order valence-electron chi connectivity index (χ3n) is 23.8. The molecule has 14 rings (SSSR count). The Morgan fingerprint density at radius 3 is 1.24 bits per heavy atom. The van der Waals surface area contributed by atoms with Gasteiger partial charge < -0.3 is 60.0 Å². The summed E-state index contributed by atoms with van der Waals surface area (Å²) in [5.41, 5.74) is -3.14. The van der Waals surface area contributed by atoms with E-state index in [4.69, 9.17) is 35.8 Å². The Kier molecular flexibility index (Phi) is 31.6. The highest BCUT2D eigenvalue weighted by atomic mass is 35.5. The average Bonchev–Trinajstić information content (AvgIpc) is 1.42. The maximum absolute atomic E-state index is 15.1. The summed E-state index contributed by atoms with van der Waals surface area (Å²) in [6.45, 7) is 4.50. The SMILES string of the molecule is CC[C@@H](Nc1cc(F)c(C(=O)N[C@@H](Cc2ccc(-c3c(C(F)F)cc(C)n(C)c3=O)c3ncccc23)C(=O)OC)c(F)c1)C(F)(F)F.COC(=O)[C@H](Cc1ccc(-c2c(OC)cc(C)n(C)c2=O)c2ncccc12)NC(=O)c1c(F)cc(N[C@H](C2CC2)C(F)(F)F)cc1F.COC(=O)[C@H](Cc1ccc(-c2ccc(C#N)cc2Cl)c2ncccc12)NC(=O)c1c(F)cc(NC2(C(F)(F)F)CCC2)cc1F. The molecule has 2 fully saturated rings. The number of esters is 3. The van der Waals surface area contributed by atoms with E-state index in [-0.39, 0.29) is 59.9 Å². The van der Waals surface area contributed by atoms with E-state index in [1.165, 1.54) is 79.9 Å². The number of methoxy groups -OCH3 is 4. The number of fused-ring (bicyclic) bond motifs is 3. The maximum atomic E-state index is 15.1. The van der Waals surface area contributed by atoms with Crippen molar-refractivity contribution in [2.24, 2.45) is 20.0 Å². The molecule has 5 aromatic heterocycles. The molecule has 2 aliphatic carbocycles. The van der Waals surface area contributed by atoms with Crippen molar-refractivity contribution in [3.63, 3.8) is 0 Å². The summed E-state index contributed by atoms with van der Waals surface area (Å²) in [4.78, 5) is 117. The number of halogens is 18. The Morgan fingerprint density at radius 1 is 0.511 bits per heavy atom. The quantitative estimate of drug-likeness (QED) is 0.0151. The topological polar surface area (TPSA) is 318 Å². The first-order valence-corrected chi connectivity index (χ1v) is 42.8. The Bertz CT molecular complexity index is 6900. The highest BCUT2D eigenvalue weighted by Gasteiger charge is 2.59. The van der Waals surface area contributed by atoms with Gasteiger partial charge >= 0.3 is 36.4 Å². The molecule has 0 aliphatic heterocycles. The molecule has 7 aromatic carbocycles. The number of pyridine rings is 5. The van der Waals surface area contributed by atoms with Gasteiger partial charge in [0, 0.05) is 135 Å². The van der Waals surface area contributed by atoms with Crippen molar-refractivity contribution < 1.29 is 122 Å². The lowest BCUT2D eigenvalue weighted by molar-refractivity contribution is -0.198. The van der Waals surface area contributed by atoms with Gasteiger partial charge in [-0.15, -0.1) is 0 Å². The molecule has 6 N–H and O–H groups in total. The van der Waals surface area contributed by atoms with Crippen LogP contribution in [0.1, 0.15) is 122 Å². The number of amides is 3. The van der Waals surface area contributed by atoms with E-state index in [0.717, 1.165) is 21.3 Å². The van der Waals surface area contributed by atoms with Crippen LogP contribution in [0.25, 0.3) is 66.1 Å². The zero-order valence-electron chi connectivity index (χ0n) is 74.8. The molecule has 0 unspecified atom stereocenters. The van der Waals surface area contributed by atoms with Crippen LogP contribution in [0, 0.1) is 66.0 Å². The number of hydrogen-bond donors (Lipinski definition) is 6. The fourth-order valence-corrected chi connectivity index (χ4v) is 16.4. The van der Waals surface area contributed by atoms with Crippen molar-refractivity contribution in [2.45, 2.75) is 139 Å². The van der Waals surface area contributed by atoms with Crippen molar-refractivity contribution in [2.75, 3.05) is 44.4 Å². The van der Waals surface area contributed by atoms with Gasteiger partial charge in [-0.1, -0.05) is 79.2 Å². The molecule has 139 heavy (non-hydrogen) atoms. The lowest BCUT2D eigenvalue weighted by Crippen LogP contribution is -2.56. The number of ether oxygens (including phenoxy) is 4. The summed E-state index contributed by atoms with van der Waals surface area (Å²) in [5.74, 6) is -15.9. The van der Waals surface area contributed by atoms with Crippen LogP contribution in [0.15, 0.2) is 168 Å². The third kappa shape index (κ3) is 22.6. The van der Waals surface area contributed by atoms with Crippen molar-refractivity contribution in [1.82, 2.24) is 40.0 Å². The number of rotatable bonds is 28. The van der Waals surface area contributed by atoms with Crippen molar-refractivity contribution in [3.8, 4) is 45.2 Å². The summed E-state index contributed by atoms with van der Waals surface area (Å²) in [5, 5.41) is 24.0. The van der Waals surface area contributed by atoms with Crippen LogP contribution in [0.4, 0.5) is 91.7 Å². The molecular weight excluding hydrogens is 1880 g/mol. The van der Waals surface area contributed by atoms with Crippen molar-refractivity contribution in [3.05, 3.63) is 275 Å². The van der Waals surface area contributed by atoms with Gasteiger partial charge in [0.2, 0.25) is 0 Å². The molecule has 0 bridgehead atoms. The molecule has 0 spiro atoms. The Morgan fingerprint density at radius 2 is 0.892 bits per heavy atom. The molecule has 2 saturated carbocycles. The zero-order chi connectivity index (χ0) is 102. The van der Waals surface area contributed by atoms with E-state index < -0.39 is 188 Å². The third-order valence-corrected chi connectivity index (χ3v) is 24.1. The van der Waals surface area contributed by atoms with Crippen LogP contribution >= 0.6 is 11.6 Å². The molecule has 12 aromatic rings. The van der Waals surface area contributed by atoms with Crippen LogP contribution < -0.4 is 47.8 Å². The number of carbonyl (C=O) groups is 6. The number of anilines is 3. The van der Waals surface area contributed by atoms with Gasteiger partial charge in [-0.05, 0) is 148 Å². The van der Waals surface area contributed by atoms with E-state index in [9.17, 15) is 95.4 Å². The molecule has 2 aliphatic rings. The molecule has 5 atom stereocenters. The fourth-order valence-electron chi connectivity index (χ4n) is 16.1. The summed E-state index contributed by atoms with van der Waals surface area (Å²) in [6.07, 6.45) is -13.2. The highest BCUT2D eigenvalue weighted by molar-refractivity contribution is 6.34. The Labute approximate surface area is 784 Å². The number of benzene rings is 7. The average molecular weight is 1970 g/mol. The molecular formula is C97H84ClF17N12O12. The van der Waals surface area contributed by atoms with Crippen molar-refractivity contribution in [1.29, 1.82) is 5.26 Å². The summed E-state index contributed by atoms with van der Waals surface area (Å²) >= 11 is 6.44. The van der Waals surface area contributed by atoms with Gasteiger partial charge in [0.15, 0.2) is 0 Å². The maximum Gasteiger partial charge on any atom is 0.411 e. The lowest BCUT2D eigenvalue weighted by atomic mass is 9.76. The molecule has 0 saturated heterocycles. The molecule has 42 heteroatoms. The number of carbonyl (C=O) groups excluding carboxylic acids is 6. The minimum atomic E-state index is -4.70. The van der Waals surface area contributed by atoms with E-state index in [2.05, 4.69) is 41.5 Å². The summed E-state index contributed by atoms with van der Waals surface area (Å²) in [7, 11) is 7.66. The minimum absolute atomic E-state index is 0.0904. The minimum Gasteiger partial charge on any atom is -0.496 e. The summed E-state index contributed by atoms with van der Waals surface area (Å²) in [6, 6.07) is 24.0. The number of nitriles is 1. The lowest BCUT2D eigenvalue weighted by Gasteiger charge is -2.44. The first-order chi connectivity index (χ1) is 65.7. The van der Waals surface area contributed by atoms with E-state index in [1.807, 2.05) is 11.4 Å². The smallest absolute Gasteiger partial charge is 0.411 e. The van der Waals surface area contributed by atoms with E-state index in [1.54, 1.807) is 93.0 Å². The number of alkyl halides is 11. The van der Waals surface area contributed by atoms with Gasteiger partial charge in [-0.3, -0.25) is 38.9 Å². The van der Waals surface area contributed by atoms with Crippen LogP contribution in [0.5, 0.6) is 5.75 Å². The zero-order valence-corrected chi connectivity index (χ0v) is 75.6. The van der Waals surface area contributed by atoms with E-state index >= 15 is 17.6 Å². The first-order valence-electron chi connectivity index (χ1n) is 42.4. The second kappa shape index (κ2) is 42.5. The first kappa shape index (κ1) is 103. The van der Waals surface area contributed by atoms with Crippen LogP contribution in [-0.4, -0.2) is 142 Å². The molecule has 24 nitrogen and oxygen atoms in total. The number of nitrogens with one attached hydrogen (secondary N) is 6. The normalized spacial score (nSPS) is 14.0. The van der Waals surface area contributed by atoms with E-state index in [0.29, 0.717) is 144 Å². The fraction of sp³-hybridized carbons (Fsp3) is 0.299. The van der Waals surface area contributed by atoms with Crippen LogP contribution in [0.3, 0.4) is 0 Å². The number of aromatic nitrogens is 5. The van der Waals surface area contributed by atoms with Crippen LogP contribution in [0.2, 0.25) is 5.02 Å². The van der Waals surface area contributed by atoms with Gasteiger partial charge in [-0.2, -0.15) is 44.8 Å². The Balaban J connectivity index is 0.000000187. The standard InChI is InChI=1S/C33H31F5N4O5.C32H24ClF5N4O3.C32H29F7N4O4/c1-16-12-25(46-3)26(31(44)42(16)2)21-10-9-18(20-6-5-11-39-28(20)21)13-24(32(45)47-4)41-30(43)27-22(34)14-19(15-23(27)35)40-29(17-7-8-17)33(36,37)38;1-45-30(44)26(41-29(43)27-24(34)14-19(15-25(27)35)42-31(9-3-10-31)32(36,37)38)13-18-6-8-22(28-20(18)4-2-11-40-28)21-7-5-17(16-39)12-23(21)33;1-5-24(32(37,38)39)41-17-13-21(33)26(22(34)14-17)29(44)42-23(31(46)47-4)12-16-8-9-19(27-18(16)7-6-10-40-27)25-20(28(35)36)11-15(2)43(3)30(25)45/h5-6,9-12,14-15,17,24,29,40H,7-8,13H2,1-4H3,(H,41,43);2,4-8,11-12,14-15,26,42H,3,9-10,13H2,1H3,(H,41,43);6-11,13-14,23-24,28,41H,5,12H2,1-4H3,(H,42,44)/t24-,29+;26-;23-,24+/m000/s1. The van der Waals surface area contributed by atoms with Gasteiger partial charge in [0.1, 0.15) is 93.1 Å². The molecule has 0 radical (unpaired) electrons. The predicted molar refractivity (Wildman–Crippen MR) is 479 cm³/mol. The second-order valence-corrected chi connectivity index (χ2v) is 33.0. The molecule has 5 heterocycles. The number of aryl methyl sites for hydroxylation is 2. The van der Waals surface area contributed by atoms with Crippen molar-refractivity contribution >= 4 is 97.0 Å².